The van der Waals surface area contributed by atoms with Crippen LogP contribution in [0.5, 0.6) is 0 Å². The molecule has 2 heterocycles. The van der Waals surface area contributed by atoms with E-state index in [1.165, 1.54) is 19.2 Å². The average molecular weight is 496 g/mol. The van der Waals surface area contributed by atoms with Crippen molar-refractivity contribution >= 4 is 51.4 Å². The summed E-state index contributed by atoms with van der Waals surface area (Å²) in [6.45, 7) is 3.14. The molecular weight excluding hydrogens is 469 g/mol. The third-order valence-electron chi connectivity index (χ3n) is 5.52. The molecule has 0 aliphatic carbocycles. The minimum Gasteiger partial charge on any atom is -0.372 e. The second-order valence-electron chi connectivity index (χ2n) is 8.52. The number of para-hydroxylation sites is 1. The van der Waals surface area contributed by atoms with Gasteiger partial charge in [-0.3, -0.25) is 4.79 Å². The van der Waals surface area contributed by atoms with Crippen LogP contribution in [0.1, 0.15) is 6.92 Å². The van der Waals surface area contributed by atoms with Gasteiger partial charge in [-0.05, 0) is 38.4 Å². The van der Waals surface area contributed by atoms with E-state index in [0.29, 0.717) is 44.5 Å². The number of anilines is 4. The first kappa shape index (κ1) is 24.4. The first-order chi connectivity index (χ1) is 16.7. The van der Waals surface area contributed by atoms with Gasteiger partial charge in [-0.25, -0.2) is 14.4 Å². The van der Waals surface area contributed by atoms with Gasteiger partial charge >= 0.3 is 0 Å². The molecule has 35 heavy (non-hydrogen) atoms. The van der Waals surface area contributed by atoms with Crippen LogP contribution in [0.15, 0.2) is 48.8 Å². The van der Waals surface area contributed by atoms with E-state index >= 15 is 0 Å². The number of rotatable bonds is 8. The zero-order chi connectivity index (χ0) is 25.1. The summed E-state index contributed by atoms with van der Waals surface area (Å²) in [5, 5.41) is 7.10. The maximum atomic E-state index is 14.1. The van der Waals surface area contributed by atoms with Gasteiger partial charge < -0.3 is 25.4 Å². The summed E-state index contributed by atoms with van der Waals surface area (Å²) < 4.78 is 14.1. The molecule has 3 N–H and O–H groups in total. The quantitative estimate of drug-likeness (QED) is 0.314. The fraction of sp³-hybridized carbons (Fsp3) is 0.240. The largest absolute Gasteiger partial charge is 0.372 e. The van der Waals surface area contributed by atoms with Crippen molar-refractivity contribution in [2.24, 2.45) is 0 Å². The Morgan fingerprint density at radius 2 is 1.97 bits per heavy atom. The van der Waals surface area contributed by atoms with Crippen LogP contribution in [0.2, 0.25) is 5.02 Å². The number of nitrogens with zero attached hydrogens (tertiary/aromatic N) is 4. The van der Waals surface area contributed by atoms with Crippen LogP contribution in [0, 0.1) is 5.82 Å². The predicted molar refractivity (Wildman–Crippen MR) is 140 cm³/mol. The summed E-state index contributed by atoms with van der Waals surface area (Å²) in [5.41, 5.74) is 3.79. The van der Waals surface area contributed by atoms with Crippen molar-refractivity contribution in [3.05, 3.63) is 59.6 Å². The highest BCUT2D eigenvalue weighted by atomic mass is 35.5. The number of carbonyl (C=O) groups excluding carboxylic acids is 1. The molecule has 10 heteroatoms. The van der Waals surface area contributed by atoms with E-state index in [1.807, 2.05) is 39.3 Å². The highest BCUT2D eigenvalue weighted by molar-refractivity contribution is 6.33. The van der Waals surface area contributed by atoms with Crippen LogP contribution in [0.3, 0.4) is 0 Å². The molecule has 0 aliphatic heterocycles. The zero-order valence-corrected chi connectivity index (χ0v) is 20.7. The second-order valence-corrected chi connectivity index (χ2v) is 8.93. The van der Waals surface area contributed by atoms with Gasteiger partial charge in [0.25, 0.3) is 0 Å². The summed E-state index contributed by atoms with van der Waals surface area (Å²) in [7, 11) is 6.02. The number of aromatic amines is 1. The van der Waals surface area contributed by atoms with Gasteiger partial charge in [0.1, 0.15) is 5.82 Å². The predicted octanol–water partition coefficient (Wildman–Crippen LogP) is 5.12. The molecule has 0 fully saturated rings. The van der Waals surface area contributed by atoms with Crippen LogP contribution >= 0.6 is 11.6 Å². The molecule has 0 bridgehead atoms. The molecule has 2 aromatic heterocycles. The van der Waals surface area contributed by atoms with E-state index in [-0.39, 0.29) is 11.7 Å². The molecule has 4 rings (SSSR count). The SMILES string of the molecule is CC(=O)Nc1cc(Nc2ncc(Cl)c(-c3c[nH]c4c(F)cccc34)n2)ccc1N(C)CCN(C)C. The standard InChI is InChI=1S/C25H27ClFN7O/c1-15(35)30-21-12-16(8-9-22(21)34(4)11-10-33(2)3)31-25-29-14-19(26)23(32-25)18-13-28-24-17(18)6-5-7-20(24)27/h5-9,12-14,28H,10-11H2,1-4H3,(H,30,35)(H,29,31,32). The van der Waals surface area contributed by atoms with Crippen molar-refractivity contribution < 1.29 is 9.18 Å². The lowest BCUT2D eigenvalue weighted by Crippen LogP contribution is -2.29. The molecule has 182 valence electrons. The van der Waals surface area contributed by atoms with Gasteiger partial charge in [0.15, 0.2) is 0 Å². The smallest absolute Gasteiger partial charge is 0.227 e. The van der Waals surface area contributed by atoms with Crippen LogP contribution in [-0.4, -0.2) is 60.0 Å². The van der Waals surface area contributed by atoms with Gasteiger partial charge in [0.05, 0.1) is 33.8 Å². The van der Waals surface area contributed by atoms with E-state index in [9.17, 15) is 9.18 Å². The Hall–Kier alpha value is -3.69. The number of H-pyrrole nitrogens is 1. The Balaban J connectivity index is 1.65. The van der Waals surface area contributed by atoms with Crippen LogP contribution in [0.4, 0.5) is 27.4 Å². The number of halogens is 2. The third kappa shape index (κ3) is 5.52. The van der Waals surface area contributed by atoms with E-state index in [1.54, 1.807) is 18.3 Å². The summed E-state index contributed by atoms with van der Waals surface area (Å²) in [4.78, 5) is 27.9. The van der Waals surface area contributed by atoms with E-state index < -0.39 is 0 Å². The van der Waals surface area contributed by atoms with Crippen LogP contribution in [0.25, 0.3) is 22.2 Å². The maximum absolute atomic E-state index is 14.1. The molecule has 0 unspecified atom stereocenters. The Kier molecular flexibility index (Phi) is 7.18. The molecule has 0 spiro atoms. The minimum atomic E-state index is -0.349. The molecule has 0 saturated heterocycles. The van der Waals surface area contributed by atoms with Gasteiger partial charge in [-0.2, -0.15) is 0 Å². The summed E-state index contributed by atoms with van der Waals surface area (Å²) in [6, 6.07) is 10.5. The molecular formula is C25H27ClFN7O. The first-order valence-electron chi connectivity index (χ1n) is 11.1. The number of amides is 1. The molecule has 8 nitrogen and oxygen atoms in total. The lowest BCUT2D eigenvalue weighted by Gasteiger charge is -2.24. The molecule has 0 saturated carbocycles. The second kappa shape index (κ2) is 10.3. The van der Waals surface area contributed by atoms with Gasteiger partial charge in [-0.1, -0.05) is 23.7 Å². The Labute approximate surface area is 208 Å². The topological polar surface area (TPSA) is 89.2 Å². The van der Waals surface area contributed by atoms with E-state index in [0.717, 1.165) is 18.8 Å². The number of hydrogen-bond donors (Lipinski definition) is 3. The highest BCUT2D eigenvalue weighted by Crippen LogP contribution is 2.34. The zero-order valence-electron chi connectivity index (χ0n) is 20.0. The Bertz CT molecular complexity index is 1370. The number of fused-ring (bicyclic) bond motifs is 1. The number of carbonyl (C=O) groups is 1. The van der Waals surface area contributed by atoms with Crippen molar-refractivity contribution in [1.29, 1.82) is 0 Å². The number of aromatic nitrogens is 3. The fourth-order valence-corrected chi connectivity index (χ4v) is 3.96. The molecule has 2 aromatic carbocycles. The van der Waals surface area contributed by atoms with E-state index in [4.69, 9.17) is 11.6 Å². The molecule has 0 aliphatic rings. The van der Waals surface area contributed by atoms with E-state index in [2.05, 4.69) is 35.4 Å². The molecule has 1 amide bonds. The normalized spacial score (nSPS) is 11.2. The molecule has 0 atom stereocenters. The number of nitrogens with one attached hydrogen (secondary N) is 3. The van der Waals surface area contributed by atoms with Crippen molar-refractivity contribution in [1.82, 2.24) is 19.9 Å². The highest BCUT2D eigenvalue weighted by Gasteiger charge is 2.16. The first-order valence-corrected chi connectivity index (χ1v) is 11.4. The minimum absolute atomic E-state index is 0.166. The number of likely N-dealkylation sites (N-methyl/N-ethyl adjacent to an activating group) is 2. The average Bonchev–Trinajstić information content (AvgIpc) is 3.24. The van der Waals surface area contributed by atoms with Crippen LogP contribution in [-0.2, 0) is 4.79 Å². The fourth-order valence-electron chi connectivity index (χ4n) is 3.77. The van der Waals surface area contributed by atoms with Crippen molar-refractivity contribution in [3.8, 4) is 11.3 Å². The molecule has 4 aromatic rings. The Morgan fingerprint density at radius 1 is 1.17 bits per heavy atom. The molecule has 0 radical (unpaired) electrons. The van der Waals surface area contributed by atoms with Crippen molar-refractivity contribution in [3.63, 3.8) is 0 Å². The van der Waals surface area contributed by atoms with Gasteiger partial charge in [0, 0.05) is 49.9 Å². The van der Waals surface area contributed by atoms with Crippen LogP contribution < -0.4 is 15.5 Å². The summed E-state index contributed by atoms with van der Waals surface area (Å²) in [5.74, 6) is -0.197. The lowest BCUT2D eigenvalue weighted by atomic mass is 10.1. The number of benzene rings is 2. The lowest BCUT2D eigenvalue weighted by molar-refractivity contribution is -0.114. The van der Waals surface area contributed by atoms with Crippen molar-refractivity contribution in [2.45, 2.75) is 6.92 Å². The summed E-state index contributed by atoms with van der Waals surface area (Å²) >= 11 is 6.40. The van der Waals surface area contributed by atoms with Gasteiger partial charge in [-0.15, -0.1) is 0 Å². The number of hydrogen-bond acceptors (Lipinski definition) is 6. The van der Waals surface area contributed by atoms with Gasteiger partial charge in [0.2, 0.25) is 11.9 Å². The third-order valence-corrected chi connectivity index (χ3v) is 5.80. The monoisotopic (exact) mass is 495 g/mol. The van der Waals surface area contributed by atoms with Crippen molar-refractivity contribution in [2.75, 3.05) is 49.8 Å². The Morgan fingerprint density at radius 3 is 2.71 bits per heavy atom. The maximum Gasteiger partial charge on any atom is 0.227 e. The summed E-state index contributed by atoms with van der Waals surface area (Å²) in [6.07, 6.45) is 3.18.